The molecule has 0 heterocycles. The highest BCUT2D eigenvalue weighted by Gasteiger charge is 2.05. The first-order valence-corrected chi connectivity index (χ1v) is 7.85. The summed E-state index contributed by atoms with van der Waals surface area (Å²) in [5.41, 5.74) is 0. The molecule has 40 valence electrons. The Morgan fingerprint density at radius 3 is 1.33 bits per heavy atom. The van der Waals surface area contributed by atoms with E-state index in [0.717, 1.165) is 9.39 Å². The van der Waals surface area contributed by atoms with E-state index in [0.29, 0.717) is 0 Å². The molecule has 3 heteroatoms. The van der Waals surface area contributed by atoms with Crippen molar-refractivity contribution in [2.45, 2.75) is 0 Å². The van der Waals surface area contributed by atoms with Crippen molar-refractivity contribution in [3.05, 3.63) is 0 Å². The van der Waals surface area contributed by atoms with Crippen molar-refractivity contribution in [2.75, 3.05) is 18.8 Å². The molecular formula is C3H12OSSi. The summed E-state index contributed by atoms with van der Waals surface area (Å²) in [6, 6.07) is 0. The van der Waals surface area contributed by atoms with Gasteiger partial charge >= 0.3 is 0 Å². The second kappa shape index (κ2) is 0.952. The van der Waals surface area contributed by atoms with Gasteiger partial charge in [-0.1, -0.05) is 0 Å². The largest absolute Gasteiger partial charge is 0.289 e. The number of hydrogen-bond donors (Lipinski definition) is 0. The van der Waals surface area contributed by atoms with Crippen LogP contribution in [0.4, 0.5) is 0 Å². The molecule has 0 bridgehead atoms. The van der Waals surface area contributed by atoms with Crippen LogP contribution in [0.3, 0.4) is 0 Å². The molecule has 0 spiro atoms. The predicted octanol–water partition coefficient (Wildman–Crippen LogP) is -1.02. The molecule has 0 aromatic carbocycles. The van der Waals surface area contributed by atoms with Crippen LogP contribution in [0.15, 0.2) is 0 Å². The molecule has 0 fully saturated rings. The summed E-state index contributed by atoms with van der Waals surface area (Å²) in [6.07, 6.45) is 5.47. The standard InChI is InChI=1S/C3H12OSSi/c1-5(2,3,4)6/h1-3,6H3. The minimum absolute atomic E-state index is 0.820. The quantitative estimate of drug-likeness (QED) is 0.378. The zero-order valence-corrected chi connectivity index (χ0v) is 7.63. The van der Waals surface area contributed by atoms with Crippen molar-refractivity contribution >= 4 is 17.9 Å². The fraction of sp³-hybridized carbons (Fsp3) is 1.00. The molecule has 1 nitrogen and oxygen atoms in total. The molecule has 0 aliphatic heterocycles. The second-order valence-electron chi connectivity index (χ2n) is 3.12. The van der Waals surface area contributed by atoms with E-state index in [1.54, 1.807) is 0 Å². The zero-order chi connectivity index (χ0) is 5.45. The Labute approximate surface area is 41.6 Å². The van der Waals surface area contributed by atoms with Crippen LogP contribution < -0.4 is 0 Å². The van der Waals surface area contributed by atoms with Gasteiger partial charge < -0.3 is 0 Å². The molecule has 0 N–H and O–H groups in total. The van der Waals surface area contributed by atoms with Crippen LogP contribution >= 0.6 is 0 Å². The Balaban J connectivity index is 4.16. The third kappa shape index (κ3) is 368. The first-order chi connectivity index (χ1) is 2.24. The molecule has 0 rings (SSSR count). The summed E-state index contributed by atoms with van der Waals surface area (Å²) < 4.78 is 10.9. The molecule has 0 saturated carbocycles. The van der Waals surface area contributed by atoms with Crippen LogP contribution in [0.2, 0.25) is 0 Å². The van der Waals surface area contributed by atoms with Gasteiger partial charge in [-0.2, -0.15) is 0 Å². The predicted molar refractivity (Wildman–Crippen MR) is 35.9 cm³/mol. The first kappa shape index (κ1) is 6.37. The highest BCUT2D eigenvalue weighted by Crippen LogP contribution is 2.00. The summed E-state index contributed by atoms with van der Waals surface area (Å²) in [5, 5.41) is 0. The molecular weight excluding hydrogens is 112 g/mol. The average molecular weight is 124 g/mol. The Bertz CT molecular complexity index is 88.5. The van der Waals surface area contributed by atoms with Crippen LogP contribution in [0.5, 0.6) is 0 Å². The minimum atomic E-state index is -1.96. The van der Waals surface area contributed by atoms with E-state index in [-0.39, 0.29) is 0 Å². The van der Waals surface area contributed by atoms with Crippen molar-refractivity contribution < 1.29 is 4.21 Å². The monoisotopic (exact) mass is 124 g/mol. The van der Waals surface area contributed by atoms with Gasteiger partial charge in [0.2, 0.25) is 0 Å². The molecule has 0 aromatic rings. The Morgan fingerprint density at radius 2 is 1.33 bits per heavy atom. The molecule has 0 atom stereocenters. The van der Waals surface area contributed by atoms with Gasteiger partial charge in [-0.25, -0.2) is 0 Å². The highest BCUT2D eigenvalue weighted by atomic mass is 32.5. The van der Waals surface area contributed by atoms with Crippen LogP contribution in [-0.4, -0.2) is 32.4 Å². The van der Waals surface area contributed by atoms with Crippen molar-refractivity contribution in [1.29, 1.82) is 0 Å². The van der Waals surface area contributed by atoms with Crippen LogP contribution in [0.1, 0.15) is 0 Å². The van der Waals surface area contributed by atoms with Crippen LogP contribution in [-0.2, 0) is 8.52 Å². The third-order valence-corrected chi connectivity index (χ3v) is 0. The van der Waals surface area contributed by atoms with E-state index in [1.165, 1.54) is 0 Å². The molecule has 0 saturated heterocycles. The van der Waals surface area contributed by atoms with E-state index in [4.69, 9.17) is 0 Å². The topological polar surface area (TPSA) is 17.1 Å². The maximum atomic E-state index is 10.9. The Kier molecular flexibility index (Phi) is 1.01. The SMILES string of the molecule is CS(C)(C)(=O)[SiH3]. The summed E-state index contributed by atoms with van der Waals surface area (Å²) in [4.78, 5) is 0. The molecule has 0 radical (unpaired) electrons. The van der Waals surface area contributed by atoms with Crippen molar-refractivity contribution in [3.63, 3.8) is 0 Å². The maximum absolute atomic E-state index is 10.9. The van der Waals surface area contributed by atoms with Gasteiger partial charge in [0.25, 0.3) is 0 Å². The van der Waals surface area contributed by atoms with Gasteiger partial charge in [0.15, 0.2) is 0 Å². The molecule has 6 heavy (non-hydrogen) atoms. The first-order valence-electron chi connectivity index (χ1n) is 1.80. The van der Waals surface area contributed by atoms with Crippen molar-refractivity contribution in [2.24, 2.45) is 0 Å². The summed E-state index contributed by atoms with van der Waals surface area (Å²) in [7, 11) is -1.14. The lowest BCUT2D eigenvalue weighted by Crippen LogP contribution is -2.25. The van der Waals surface area contributed by atoms with E-state index in [2.05, 4.69) is 0 Å². The highest BCUT2D eigenvalue weighted by molar-refractivity contribution is 8.35. The van der Waals surface area contributed by atoms with Gasteiger partial charge in [-0.3, -0.25) is 4.21 Å². The summed E-state index contributed by atoms with van der Waals surface area (Å²) in [5.74, 6) is 0. The lowest BCUT2D eigenvalue weighted by Gasteiger charge is -2.20. The van der Waals surface area contributed by atoms with Crippen molar-refractivity contribution in [1.82, 2.24) is 0 Å². The zero-order valence-electron chi connectivity index (χ0n) is 4.82. The van der Waals surface area contributed by atoms with Gasteiger partial charge in [-0.15, -0.1) is 8.52 Å². The summed E-state index contributed by atoms with van der Waals surface area (Å²) in [6.45, 7) is 0. The number of hydrogen-bond acceptors (Lipinski definition) is 1. The molecule has 0 amide bonds. The molecule has 0 aliphatic carbocycles. The van der Waals surface area contributed by atoms with Gasteiger partial charge in [0, 0.05) is 0 Å². The van der Waals surface area contributed by atoms with Crippen LogP contribution in [0, 0.1) is 0 Å². The van der Waals surface area contributed by atoms with E-state index >= 15 is 0 Å². The smallest absolute Gasteiger partial charge is 0.0845 e. The van der Waals surface area contributed by atoms with Crippen molar-refractivity contribution in [3.8, 4) is 0 Å². The Morgan fingerprint density at radius 1 is 1.33 bits per heavy atom. The van der Waals surface area contributed by atoms with E-state index < -0.39 is 8.52 Å². The average Bonchev–Trinajstić information content (AvgIpc) is 0.650. The molecule has 0 aliphatic rings. The molecule has 0 unspecified atom stereocenters. The fourth-order valence-corrected chi connectivity index (χ4v) is 0. The Hall–Kier alpha value is 0.367. The summed E-state index contributed by atoms with van der Waals surface area (Å²) >= 11 is 0. The van der Waals surface area contributed by atoms with Crippen LogP contribution in [0.25, 0.3) is 0 Å². The fourth-order valence-electron chi connectivity index (χ4n) is 0. The third-order valence-electron chi connectivity index (χ3n) is 0. The van der Waals surface area contributed by atoms with E-state index in [9.17, 15) is 4.21 Å². The molecule has 0 aromatic heterocycles. The van der Waals surface area contributed by atoms with E-state index in [1.807, 2.05) is 18.8 Å². The van der Waals surface area contributed by atoms with Gasteiger partial charge in [0.1, 0.15) is 0 Å². The van der Waals surface area contributed by atoms with Gasteiger partial charge in [0.05, 0.1) is 9.39 Å². The maximum Gasteiger partial charge on any atom is 0.0845 e. The lowest BCUT2D eigenvalue weighted by atomic mass is 11.9. The van der Waals surface area contributed by atoms with Gasteiger partial charge in [-0.05, 0) is 18.8 Å². The minimum Gasteiger partial charge on any atom is -0.289 e. The second-order valence-corrected chi connectivity index (χ2v) is 17.7. The lowest BCUT2D eigenvalue weighted by molar-refractivity contribution is 0.679. The normalized spacial score (nSPS) is 19.5. The number of rotatable bonds is 0.